The van der Waals surface area contributed by atoms with Crippen LogP contribution < -0.4 is 4.31 Å². The molecule has 0 bridgehead atoms. The van der Waals surface area contributed by atoms with Gasteiger partial charge >= 0.3 is 0 Å². The number of benzene rings is 2. The molecule has 0 saturated carbocycles. The number of rotatable bonds is 6. The summed E-state index contributed by atoms with van der Waals surface area (Å²) in [7, 11) is 1.73. The van der Waals surface area contributed by atoms with E-state index in [1.165, 1.54) is 12.1 Å². The lowest BCUT2D eigenvalue weighted by Crippen LogP contribution is -2.07. The number of nitro benzene ring substituents is 2. The molecule has 9 heteroatoms. The summed E-state index contributed by atoms with van der Waals surface area (Å²) in [4.78, 5) is 20.8. The van der Waals surface area contributed by atoms with E-state index in [0.717, 1.165) is 29.3 Å². The van der Waals surface area contributed by atoms with Crippen molar-refractivity contribution in [1.29, 1.82) is 0 Å². The molecule has 0 aliphatic carbocycles. The van der Waals surface area contributed by atoms with Gasteiger partial charge in [0, 0.05) is 18.8 Å². The molecule has 1 N–H and O–H groups in total. The minimum absolute atomic E-state index is 0.0645. The van der Waals surface area contributed by atoms with E-state index >= 15 is 0 Å². The lowest BCUT2D eigenvalue weighted by Gasteiger charge is -2.17. The fraction of sp³-hybridized carbons (Fsp3) is 0.143. The zero-order valence-electron chi connectivity index (χ0n) is 12.1. The van der Waals surface area contributed by atoms with Crippen molar-refractivity contribution in [2.75, 3.05) is 11.4 Å². The number of non-ortho nitro benzene ring substituents is 1. The van der Waals surface area contributed by atoms with Crippen LogP contribution in [0.15, 0.2) is 47.4 Å². The highest BCUT2D eigenvalue weighted by Crippen LogP contribution is 2.35. The van der Waals surface area contributed by atoms with Gasteiger partial charge in [0.25, 0.3) is 11.4 Å². The average Bonchev–Trinajstić information content (AvgIpc) is 2.54. The van der Waals surface area contributed by atoms with Crippen molar-refractivity contribution < 1.29 is 15.0 Å². The van der Waals surface area contributed by atoms with Crippen LogP contribution in [0.1, 0.15) is 5.56 Å². The van der Waals surface area contributed by atoms with Crippen LogP contribution in [0.25, 0.3) is 0 Å². The second-order valence-electron chi connectivity index (χ2n) is 4.58. The van der Waals surface area contributed by atoms with Gasteiger partial charge in [-0.1, -0.05) is 12.1 Å². The van der Waals surface area contributed by atoms with Crippen molar-refractivity contribution in [3.63, 3.8) is 0 Å². The van der Waals surface area contributed by atoms with Crippen molar-refractivity contribution in [3.05, 3.63) is 68.3 Å². The molecule has 0 heterocycles. The zero-order valence-corrected chi connectivity index (χ0v) is 12.9. The maximum absolute atomic E-state index is 11.1. The molecule has 23 heavy (non-hydrogen) atoms. The summed E-state index contributed by atoms with van der Waals surface area (Å²) in [6.07, 6.45) is 0. The van der Waals surface area contributed by atoms with Gasteiger partial charge in [-0.3, -0.25) is 20.2 Å². The number of hydrogen-bond donors (Lipinski definition) is 1. The van der Waals surface area contributed by atoms with E-state index in [9.17, 15) is 20.2 Å². The minimum atomic E-state index is -0.668. The monoisotopic (exact) mass is 335 g/mol. The van der Waals surface area contributed by atoms with Crippen LogP contribution in [-0.4, -0.2) is 22.0 Å². The van der Waals surface area contributed by atoms with Crippen LogP contribution in [0.4, 0.5) is 17.1 Å². The van der Waals surface area contributed by atoms with Crippen LogP contribution in [0.5, 0.6) is 0 Å². The molecule has 0 saturated heterocycles. The van der Waals surface area contributed by atoms with Crippen LogP contribution in [0.3, 0.4) is 0 Å². The first-order chi connectivity index (χ1) is 10.9. The fourth-order valence-corrected chi connectivity index (χ4v) is 2.73. The molecule has 0 spiro atoms. The van der Waals surface area contributed by atoms with Crippen molar-refractivity contribution >= 4 is 29.0 Å². The number of aliphatic hydroxyl groups excluding tert-OH is 1. The molecule has 2 aromatic rings. The lowest BCUT2D eigenvalue weighted by atomic mass is 10.2. The standard InChI is InChI=1S/C14H13N3O5S/c1-15(11-4-2-10(9-18)3-5-11)23-14-7-6-12(16(19)20)8-13(14)17(21)22/h2-8,18H,9H2,1H3. The first kappa shape index (κ1) is 16.7. The van der Waals surface area contributed by atoms with Crippen LogP contribution in [0.2, 0.25) is 0 Å². The summed E-state index contributed by atoms with van der Waals surface area (Å²) in [5.41, 5.74) is 0.896. The van der Waals surface area contributed by atoms with Gasteiger partial charge in [0.15, 0.2) is 0 Å². The second-order valence-corrected chi connectivity index (χ2v) is 5.75. The Kier molecular flexibility index (Phi) is 5.14. The van der Waals surface area contributed by atoms with Gasteiger partial charge in [-0.05, 0) is 35.7 Å². The number of anilines is 1. The molecular formula is C14H13N3O5S. The third kappa shape index (κ3) is 3.96. The predicted octanol–water partition coefficient (Wildman–Crippen LogP) is 3.14. The molecule has 0 aromatic heterocycles. The van der Waals surface area contributed by atoms with E-state index in [2.05, 4.69) is 0 Å². The molecule has 0 unspecified atom stereocenters. The van der Waals surface area contributed by atoms with Gasteiger partial charge in [0.1, 0.15) is 4.90 Å². The first-order valence-corrected chi connectivity index (χ1v) is 7.24. The molecule has 120 valence electrons. The van der Waals surface area contributed by atoms with Crippen LogP contribution >= 0.6 is 11.9 Å². The molecule has 0 aliphatic heterocycles. The van der Waals surface area contributed by atoms with Crippen molar-refractivity contribution in [3.8, 4) is 0 Å². The van der Waals surface area contributed by atoms with Crippen molar-refractivity contribution in [2.45, 2.75) is 11.5 Å². The molecular weight excluding hydrogens is 322 g/mol. The zero-order chi connectivity index (χ0) is 17.0. The van der Waals surface area contributed by atoms with E-state index in [-0.39, 0.29) is 18.0 Å². The Bertz CT molecular complexity index is 736. The van der Waals surface area contributed by atoms with Gasteiger partial charge < -0.3 is 9.41 Å². The first-order valence-electron chi connectivity index (χ1n) is 6.46. The van der Waals surface area contributed by atoms with E-state index < -0.39 is 9.85 Å². The Morgan fingerprint density at radius 3 is 2.26 bits per heavy atom. The Morgan fingerprint density at radius 2 is 1.74 bits per heavy atom. The minimum Gasteiger partial charge on any atom is -0.392 e. The molecule has 8 nitrogen and oxygen atoms in total. The number of aliphatic hydroxyl groups is 1. The van der Waals surface area contributed by atoms with Gasteiger partial charge in [0.05, 0.1) is 22.5 Å². The average molecular weight is 335 g/mol. The smallest absolute Gasteiger partial charge is 0.291 e. The Balaban J connectivity index is 2.27. The molecule has 0 radical (unpaired) electrons. The van der Waals surface area contributed by atoms with Gasteiger partial charge in [-0.2, -0.15) is 0 Å². The SMILES string of the molecule is CN(Sc1ccc([N+](=O)[O-])cc1[N+](=O)[O-])c1ccc(CO)cc1. The van der Waals surface area contributed by atoms with E-state index in [0.29, 0.717) is 4.90 Å². The van der Waals surface area contributed by atoms with Crippen molar-refractivity contribution in [1.82, 2.24) is 0 Å². The highest BCUT2D eigenvalue weighted by Gasteiger charge is 2.21. The van der Waals surface area contributed by atoms with Crippen LogP contribution in [0, 0.1) is 20.2 Å². The van der Waals surface area contributed by atoms with E-state index in [4.69, 9.17) is 5.11 Å². The molecule has 2 rings (SSSR count). The summed E-state index contributed by atoms with van der Waals surface area (Å²) >= 11 is 1.09. The summed E-state index contributed by atoms with van der Waals surface area (Å²) < 4.78 is 1.70. The van der Waals surface area contributed by atoms with Gasteiger partial charge in [-0.15, -0.1) is 0 Å². The Labute approximate surface area is 135 Å². The summed E-state index contributed by atoms with van der Waals surface area (Å²) in [5, 5.41) is 30.9. The lowest BCUT2D eigenvalue weighted by molar-refractivity contribution is -0.396. The molecule has 0 amide bonds. The summed E-state index contributed by atoms with van der Waals surface area (Å²) in [5.74, 6) is 0. The fourth-order valence-electron chi connectivity index (χ4n) is 1.85. The highest BCUT2D eigenvalue weighted by molar-refractivity contribution is 8.00. The molecule has 0 aliphatic rings. The predicted molar refractivity (Wildman–Crippen MR) is 86.4 cm³/mol. The largest absolute Gasteiger partial charge is 0.392 e. The molecule has 0 atom stereocenters. The topological polar surface area (TPSA) is 110 Å². The number of nitro groups is 2. The maximum atomic E-state index is 11.1. The molecule has 0 fully saturated rings. The number of hydrogen-bond acceptors (Lipinski definition) is 7. The molecule has 2 aromatic carbocycles. The highest BCUT2D eigenvalue weighted by atomic mass is 32.2. The van der Waals surface area contributed by atoms with E-state index in [1.54, 1.807) is 35.6 Å². The summed E-state index contributed by atoms with van der Waals surface area (Å²) in [6.45, 7) is -0.0645. The maximum Gasteiger partial charge on any atom is 0.291 e. The van der Waals surface area contributed by atoms with Crippen molar-refractivity contribution in [2.24, 2.45) is 0 Å². The van der Waals surface area contributed by atoms with Gasteiger partial charge in [0.2, 0.25) is 0 Å². The summed E-state index contributed by atoms with van der Waals surface area (Å²) in [6, 6.07) is 10.6. The third-order valence-electron chi connectivity index (χ3n) is 3.07. The van der Waals surface area contributed by atoms with Gasteiger partial charge in [-0.25, -0.2) is 0 Å². The number of nitrogens with zero attached hydrogens (tertiary/aromatic N) is 3. The van der Waals surface area contributed by atoms with E-state index in [1.807, 2.05) is 0 Å². The quantitative estimate of drug-likeness (QED) is 0.490. The Morgan fingerprint density at radius 1 is 1.09 bits per heavy atom. The van der Waals surface area contributed by atoms with Crippen LogP contribution in [-0.2, 0) is 6.61 Å². The Hall–Kier alpha value is -2.65. The second kappa shape index (κ2) is 7.07. The normalized spacial score (nSPS) is 10.3. The third-order valence-corrected chi connectivity index (χ3v) is 4.09.